The molecule has 0 aliphatic rings. The molecule has 2 heterocycles. The third-order valence-corrected chi connectivity index (χ3v) is 3.73. The number of hydrogen-bond donors (Lipinski definition) is 2. The quantitative estimate of drug-likeness (QED) is 0.658. The highest BCUT2D eigenvalue weighted by Crippen LogP contribution is 2.18. The molecule has 29 heavy (non-hydrogen) atoms. The number of nitrogens with one attached hydrogen (secondary N) is 2. The zero-order valence-electron chi connectivity index (χ0n) is 16.3. The van der Waals surface area contributed by atoms with Gasteiger partial charge in [0.05, 0.1) is 6.04 Å². The predicted molar refractivity (Wildman–Crippen MR) is 104 cm³/mol. The lowest BCUT2D eigenvalue weighted by molar-refractivity contribution is -0.111. The van der Waals surface area contributed by atoms with Crippen molar-refractivity contribution in [3.63, 3.8) is 0 Å². The van der Waals surface area contributed by atoms with E-state index in [0.717, 1.165) is 13.0 Å². The fourth-order valence-electron chi connectivity index (χ4n) is 2.34. The molecule has 2 aromatic heterocycles. The SMILES string of the molecule is C=CC(=O)Nc1cc(C(=O)NC(C)c2ccc(OCC(C)(F)F)nc2)cc(C)n1. The Morgan fingerprint density at radius 3 is 2.66 bits per heavy atom. The molecular formula is C20H22F2N4O3. The molecule has 0 fully saturated rings. The standard InChI is InChI=1S/C20H22F2N4O3/c1-5-17(27)26-16-9-15(8-12(2)24-16)19(28)25-13(3)14-6-7-18(23-10-14)29-11-20(4,21)22/h5-10,13H,1,11H2,2-4H3,(H,25,28)(H,24,26,27). The Morgan fingerprint density at radius 2 is 2.07 bits per heavy atom. The first-order valence-electron chi connectivity index (χ1n) is 8.77. The van der Waals surface area contributed by atoms with Crippen LogP contribution in [0.1, 0.15) is 41.5 Å². The van der Waals surface area contributed by atoms with E-state index in [-0.39, 0.29) is 17.6 Å². The van der Waals surface area contributed by atoms with Crippen LogP contribution in [-0.4, -0.2) is 34.3 Å². The van der Waals surface area contributed by atoms with Crippen LogP contribution < -0.4 is 15.4 Å². The maximum absolute atomic E-state index is 12.8. The van der Waals surface area contributed by atoms with E-state index in [9.17, 15) is 18.4 Å². The second-order valence-electron chi connectivity index (χ2n) is 6.56. The number of pyridine rings is 2. The smallest absolute Gasteiger partial charge is 0.278 e. The molecule has 7 nitrogen and oxygen atoms in total. The van der Waals surface area contributed by atoms with Crippen LogP contribution in [-0.2, 0) is 4.79 Å². The number of halogens is 2. The van der Waals surface area contributed by atoms with Gasteiger partial charge in [0, 0.05) is 30.4 Å². The van der Waals surface area contributed by atoms with Gasteiger partial charge in [0.15, 0.2) is 6.61 Å². The van der Waals surface area contributed by atoms with Crippen LogP contribution in [0.4, 0.5) is 14.6 Å². The Morgan fingerprint density at radius 1 is 1.34 bits per heavy atom. The molecule has 2 N–H and O–H groups in total. The van der Waals surface area contributed by atoms with Gasteiger partial charge in [0.2, 0.25) is 11.8 Å². The molecule has 9 heteroatoms. The van der Waals surface area contributed by atoms with Gasteiger partial charge in [-0.3, -0.25) is 9.59 Å². The molecule has 1 unspecified atom stereocenters. The highest BCUT2D eigenvalue weighted by atomic mass is 19.3. The van der Waals surface area contributed by atoms with E-state index in [4.69, 9.17) is 4.74 Å². The third-order valence-electron chi connectivity index (χ3n) is 3.73. The van der Waals surface area contributed by atoms with Crippen LogP contribution in [0.3, 0.4) is 0 Å². The molecule has 0 radical (unpaired) electrons. The first kappa shape index (κ1) is 21.9. The number of rotatable bonds is 8. The molecule has 0 spiro atoms. The molecule has 154 valence electrons. The second-order valence-corrected chi connectivity index (χ2v) is 6.56. The van der Waals surface area contributed by atoms with E-state index in [2.05, 4.69) is 27.2 Å². The van der Waals surface area contributed by atoms with E-state index in [1.807, 2.05) is 0 Å². The number of hydrogen-bond acceptors (Lipinski definition) is 5. The first-order chi connectivity index (χ1) is 13.6. The summed E-state index contributed by atoms with van der Waals surface area (Å²) in [6.07, 6.45) is 2.55. The molecule has 0 saturated carbocycles. The van der Waals surface area contributed by atoms with Crippen molar-refractivity contribution in [1.29, 1.82) is 0 Å². The number of ether oxygens (including phenoxy) is 1. The molecule has 0 saturated heterocycles. The van der Waals surface area contributed by atoms with E-state index >= 15 is 0 Å². The van der Waals surface area contributed by atoms with Crippen LogP contribution in [0.2, 0.25) is 0 Å². The van der Waals surface area contributed by atoms with Crippen LogP contribution in [0.5, 0.6) is 5.88 Å². The topological polar surface area (TPSA) is 93.2 Å². The number of anilines is 1. The van der Waals surface area contributed by atoms with Gasteiger partial charge < -0.3 is 15.4 Å². The van der Waals surface area contributed by atoms with Crippen LogP contribution in [0, 0.1) is 6.92 Å². The first-order valence-corrected chi connectivity index (χ1v) is 8.77. The number of alkyl halides is 2. The van der Waals surface area contributed by atoms with Crippen molar-refractivity contribution in [3.05, 3.63) is 59.9 Å². The third kappa shape index (κ3) is 6.95. The Kier molecular flexibility index (Phi) is 6.98. The molecule has 2 aromatic rings. The molecular weight excluding hydrogens is 382 g/mol. The molecule has 1 atom stereocenters. The Balaban J connectivity index is 2.05. The number of carbonyl (C=O) groups excluding carboxylic acids is 2. The van der Waals surface area contributed by atoms with E-state index in [0.29, 0.717) is 16.8 Å². The fraction of sp³-hybridized carbons (Fsp3) is 0.300. The van der Waals surface area contributed by atoms with Gasteiger partial charge in [-0.05, 0) is 37.6 Å². The summed E-state index contributed by atoms with van der Waals surface area (Å²) in [7, 11) is 0. The van der Waals surface area contributed by atoms with E-state index < -0.39 is 24.5 Å². The molecule has 2 amide bonds. The largest absolute Gasteiger partial charge is 0.471 e. The summed E-state index contributed by atoms with van der Waals surface area (Å²) in [4.78, 5) is 32.1. The lowest BCUT2D eigenvalue weighted by Gasteiger charge is -2.16. The predicted octanol–water partition coefficient (Wildman–Crippen LogP) is 3.43. The van der Waals surface area contributed by atoms with Crippen molar-refractivity contribution >= 4 is 17.6 Å². The van der Waals surface area contributed by atoms with Crippen molar-refractivity contribution < 1.29 is 23.1 Å². The number of aromatic nitrogens is 2. The lowest BCUT2D eigenvalue weighted by atomic mass is 10.1. The van der Waals surface area contributed by atoms with Crippen molar-refractivity contribution in [3.8, 4) is 5.88 Å². The molecule has 0 aliphatic heterocycles. The highest BCUT2D eigenvalue weighted by molar-refractivity contribution is 6.00. The zero-order chi connectivity index (χ0) is 21.6. The maximum Gasteiger partial charge on any atom is 0.278 e. The zero-order valence-corrected chi connectivity index (χ0v) is 16.3. The van der Waals surface area contributed by atoms with Gasteiger partial charge in [-0.2, -0.15) is 0 Å². The van der Waals surface area contributed by atoms with Gasteiger partial charge >= 0.3 is 0 Å². The van der Waals surface area contributed by atoms with Crippen LogP contribution in [0.15, 0.2) is 43.1 Å². The number of nitrogens with zero attached hydrogens (tertiary/aromatic N) is 2. The molecule has 2 rings (SSSR count). The van der Waals surface area contributed by atoms with Gasteiger partial charge in [-0.25, -0.2) is 18.7 Å². The summed E-state index contributed by atoms with van der Waals surface area (Å²) in [6, 6.07) is 5.73. The molecule has 0 aliphatic carbocycles. The van der Waals surface area contributed by atoms with Gasteiger partial charge in [0.1, 0.15) is 5.82 Å². The monoisotopic (exact) mass is 404 g/mol. The van der Waals surface area contributed by atoms with E-state index in [1.54, 1.807) is 26.0 Å². The Bertz CT molecular complexity index is 896. The second kappa shape index (κ2) is 9.22. The minimum absolute atomic E-state index is 0.0705. The van der Waals surface area contributed by atoms with Crippen LogP contribution >= 0.6 is 0 Å². The summed E-state index contributed by atoms with van der Waals surface area (Å²) >= 11 is 0. The van der Waals surface area contributed by atoms with Gasteiger partial charge in [-0.15, -0.1) is 0 Å². The van der Waals surface area contributed by atoms with Gasteiger partial charge in [0.25, 0.3) is 11.8 Å². The highest BCUT2D eigenvalue weighted by Gasteiger charge is 2.22. The average Bonchev–Trinajstić information content (AvgIpc) is 2.65. The lowest BCUT2D eigenvalue weighted by Crippen LogP contribution is -2.27. The van der Waals surface area contributed by atoms with Crippen molar-refractivity contribution in [2.75, 3.05) is 11.9 Å². The van der Waals surface area contributed by atoms with Gasteiger partial charge in [-0.1, -0.05) is 12.6 Å². The number of carbonyl (C=O) groups is 2. The summed E-state index contributed by atoms with van der Waals surface area (Å²) in [5, 5.41) is 5.33. The fourth-order valence-corrected chi connectivity index (χ4v) is 2.34. The molecule has 0 bridgehead atoms. The minimum Gasteiger partial charge on any atom is -0.471 e. The normalized spacial score (nSPS) is 12.0. The maximum atomic E-state index is 12.8. The van der Waals surface area contributed by atoms with Crippen molar-refractivity contribution in [1.82, 2.24) is 15.3 Å². The number of amides is 2. The van der Waals surface area contributed by atoms with Crippen molar-refractivity contribution in [2.45, 2.75) is 32.7 Å². The van der Waals surface area contributed by atoms with Crippen LogP contribution in [0.25, 0.3) is 0 Å². The Labute approximate surface area is 167 Å². The molecule has 0 aromatic carbocycles. The summed E-state index contributed by atoms with van der Waals surface area (Å²) in [5.41, 5.74) is 1.54. The van der Waals surface area contributed by atoms with E-state index in [1.165, 1.54) is 18.3 Å². The van der Waals surface area contributed by atoms with Crippen molar-refractivity contribution in [2.24, 2.45) is 0 Å². The summed E-state index contributed by atoms with van der Waals surface area (Å²) in [5.74, 6) is -3.45. The summed E-state index contributed by atoms with van der Waals surface area (Å²) < 4.78 is 30.6. The Hall–Kier alpha value is -3.36. The minimum atomic E-state index is -2.95. The number of aryl methyl sites for hydroxylation is 1. The average molecular weight is 404 g/mol. The summed E-state index contributed by atoms with van der Waals surface area (Å²) in [6.45, 7) is 6.81.